The average molecular weight is 538 g/mol. The number of imidazole rings is 1. The zero-order chi connectivity index (χ0) is 27.8. The number of fused-ring (bicyclic) bond motifs is 1. The van der Waals surface area contributed by atoms with Crippen LogP contribution in [-0.4, -0.2) is 93.7 Å². The van der Waals surface area contributed by atoms with E-state index < -0.39 is 43.0 Å². The van der Waals surface area contributed by atoms with Crippen LogP contribution in [0.1, 0.15) is 33.9 Å². The van der Waals surface area contributed by atoms with E-state index in [1.807, 2.05) is 0 Å². The van der Waals surface area contributed by atoms with Gasteiger partial charge in [-0.05, 0) is 6.92 Å². The minimum atomic E-state index is -1.39. The number of carbonyl (C=O) groups excluding carboxylic acids is 3. The molecule has 38 heavy (non-hydrogen) atoms. The van der Waals surface area contributed by atoms with E-state index in [0.29, 0.717) is 0 Å². The van der Waals surface area contributed by atoms with Crippen LogP contribution in [-0.2, 0) is 42.8 Å². The van der Waals surface area contributed by atoms with Crippen LogP contribution < -0.4 is 5.32 Å². The first-order valence-electron chi connectivity index (χ1n) is 11.8. The van der Waals surface area contributed by atoms with Crippen molar-refractivity contribution in [2.24, 2.45) is 5.92 Å². The van der Waals surface area contributed by atoms with Crippen molar-refractivity contribution in [3.8, 4) is 0 Å². The van der Waals surface area contributed by atoms with Crippen molar-refractivity contribution >= 4 is 34.8 Å². The normalized spacial score (nSPS) is 21.3. The number of amides is 1. The van der Waals surface area contributed by atoms with Crippen molar-refractivity contribution in [3.63, 3.8) is 0 Å². The van der Waals surface area contributed by atoms with E-state index in [1.54, 1.807) is 13.8 Å². The molecule has 2 aromatic heterocycles. The number of aliphatic hydroxyl groups is 1. The number of anilines is 1. The van der Waals surface area contributed by atoms with E-state index in [4.69, 9.17) is 35.3 Å². The van der Waals surface area contributed by atoms with Gasteiger partial charge in [-0.1, -0.05) is 13.8 Å². The topological polar surface area (TPSA) is 182 Å². The SMILES string of the molecule is [CH][C@H]1O[C@@H](n2cnc3c(NC(=O)C(C)C)ncnc32)C(OC(OCCOC(C)=O)OCCOC(C)=O)[C@H]1O. The standard InChI is InChI=1S/C23H31N5O10/c1-12(2)21(32)27-19-16-20(25-10-24-19)28(11-26-16)22-18(17(31)13(3)37-22)38-23(35-8-6-33-14(4)29)36-9-7-34-15(5)30/h3,10-13,17-18,22-23,31H,6-9H2,1-2,4-5H3,(H,24,25,27,32)/t13-,17+,18?,22-/m1/s1. The molecule has 0 aromatic carbocycles. The Labute approximate surface area is 218 Å². The number of hydrogen-bond acceptors (Lipinski definition) is 13. The minimum absolute atomic E-state index is 0.0802. The summed E-state index contributed by atoms with van der Waals surface area (Å²) in [5, 5.41) is 13.4. The number of aromatic nitrogens is 4. The number of carbonyl (C=O) groups is 3. The second-order valence-electron chi connectivity index (χ2n) is 8.48. The molecule has 0 bridgehead atoms. The van der Waals surface area contributed by atoms with Crippen LogP contribution in [0.3, 0.4) is 0 Å². The predicted octanol–water partition coefficient (Wildman–Crippen LogP) is 0.218. The number of rotatable bonds is 13. The average Bonchev–Trinajstić information content (AvgIpc) is 3.40. The molecule has 15 nitrogen and oxygen atoms in total. The summed E-state index contributed by atoms with van der Waals surface area (Å²) in [6.07, 6.45) is -2.02. The van der Waals surface area contributed by atoms with Crippen molar-refractivity contribution < 1.29 is 47.9 Å². The molecule has 2 radical (unpaired) electrons. The quantitative estimate of drug-likeness (QED) is 0.201. The Kier molecular flexibility index (Phi) is 10.4. The lowest BCUT2D eigenvalue weighted by Gasteiger charge is -2.27. The van der Waals surface area contributed by atoms with Gasteiger partial charge in [-0.3, -0.25) is 19.0 Å². The fourth-order valence-electron chi connectivity index (χ4n) is 3.35. The van der Waals surface area contributed by atoms with Crippen LogP contribution in [0.4, 0.5) is 5.82 Å². The molecule has 3 rings (SSSR count). The van der Waals surface area contributed by atoms with Gasteiger partial charge in [-0.2, -0.15) is 0 Å². The smallest absolute Gasteiger partial charge is 0.302 e. The van der Waals surface area contributed by atoms with Crippen LogP contribution in [0.25, 0.3) is 11.2 Å². The molecule has 15 heteroatoms. The van der Waals surface area contributed by atoms with E-state index in [-0.39, 0.29) is 55.2 Å². The van der Waals surface area contributed by atoms with Crippen molar-refractivity contribution in [2.75, 3.05) is 31.7 Å². The van der Waals surface area contributed by atoms with Gasteiger partial charge in [0.25, 0.3) is 6.48 Å². The summed E-state index contributed by atoms with van der Waals surface area (Å²) in [6.45, 7) is 10.2. The molecule has 2 aromatic rings. The van der Waals surface area contributed by atoms with Crippen LogP contribution in [0.5, 0.6) is 0 Å². The number of esters is 2. The summed E-state index contributed by atoms with van der Waals surface area (Å²) in [4.78, 5) is 46.9. The second-order valence-corrected chi connectivity index (χ2v) is 8.48. The lowest BCUT2D eigenvalue weighted by Crippen LogP contribution is -2.39. The van der Waals surface area contributed by atoms with Crippen molar-refractivity contribution in [3.05, 3.63) is 19.6 Å². The van der Waals surface area contributed by atoms with Gasteiger partial charge in [0.2, 0.25) is 5.91 Å². The summed E-state index contributed by atoms with van der Waals surface area (Å²) in [5.74, 6) is -1.33. The first-order valence-corrected chi connectivity index (χ1v) is 11.8. The highest BCUT2D eigenvalue weighted by molar-refractivity contribution is 5.97. The zero-order valence-electron chi connectivity index (χ0n) is 21.4. The van der Waals surface area contributed by atoms with Crippen molar-refractivity contribution in [1.82, 2.24) is 19.5 Å². The van der Waals surface area contributed by atoms with Gasteiger partial charge in [-0.25, -0.2) is 15.0 Å². The van der Waals surface area contributed by atoms with Gasteiger partial charge in [0.05, 0.1) is 25.6 Å². The number of aliphatic hydroxyl groups excluding tert-OH is 1. The first-order chi connectivity index (χ1) is 18.1. The van der Waals surface area contributed by atoms with Gasteiger partial charge < -0.3 is 38.8 Å². The van der Waals surface area contributed by atoms with Crippen LogP contribution in [0.15, 0.2) is 12.7 Å². The number of nitrogens with one attached hydrogen (secondary N) is 1. The predicted molar refractivity (Wildman–Crippen MR) is 127 cm³/mol. The molecule has 1 unspecified atom stereocenters. The number of hydrogen-bond donors (Lipinski definition) is 2. The summed E-state index contributed by atoms with van der Waals surface area (Å²) in [7, 11) is 0. The Morgan fingerprint density at radius 1 is 1.08 bits per heavy atom. The molecule has 1 aliphatic rings. The fraction of sp³-hybridized carbons (Fsp3) is 0.609. The Morgan fingerprint density at radius 2 is 1.71 bits per heavy atom. The highest BCUT2D eigenvalue weighted by Gasteiger charge is 2.46. The molecule has 0 saturated carbocycles. The Balaban J connectivity index is 1.80. The maximum Gasteiger partial charge on any atom is 0.302 e. The van der Waals surface area contributed by atoms with Crippen molar-refractivity contribution in [2.45, 2.75) is 58.7 Å². The summed E-state index contributed by atoms with van der Waals surface area (Å²) in [5.41, 5.74) is 0.563. The number of nitrogens with zero attached hydrogens (tertiary/aromatic N) is 4. The molecule has 0 aliphatic carbocycles. The third-order valence-electron chi connectivity index (χ3n) is 5.20. The molecular formula is C23H31N5O10. The van der Waals surface area contributed by atoms with E-state index >= 15 is 0 Å². The molecule has 1 aliphatic heterocycles. The third-order valence-corrected chi connectivity index (χ3v) is 5.20. The van der Waals surface area contributed by atoms with E-state index in [9.17, 15) is 19.5 Å². The van der Waals surface area contributed by atoms with E-state index in [1.165, 1.54) is 31.1 Å². The van der Waals surface area contributed by atoms with Gasteiger partial charge in [-0.15, -0.1) is 0 Å². The van der Waals surface area contributed by atoms with Gasteiger partial charge >= 0.3 is 11.9 Å². The van der Waals surface area contributed by atoms with Crippen LogP contribution >= 0.6 is 0 Å². The first kappa shape index (κ1) is 29.3. The molecule has 0 spiro atoms. The Bertz CT molecular complexity index is 1090. The lowest BCUT2D eigenvalue weighted by molar-refractivity contribution is -0.320. The van der Waals surface area contributed by atoms with Crippen LogP contribution in [0.2, 0.25) is 0 Å². The van der Waals surface area contributed by atoms with E-state index in [2.05, 4.69) is 20.3 Å². The third kappa shape index (κ3) is 7.64. The van der Waals surface area contributed by atoms with Crippen molar-refractivity contribution in [1.29, 1.82) is 0 Å². The Hall–Kier alpha value is -3.24. The minimum Gasteiger partial charge on any atom is -0.463 e. The molecule has 1 amide bonds. The molecule has 1 fully saturated rings. The van der Waals surface area contributed by atoms with Gasteiger partial charge in [0, 0.05) is 19.8 Å². The maximum absolute atomic E-state index is 12.2. The van der Waals surface area contributed by atoms with Crippen LogP contribution in [0, 0.1) is 12.8 Å². The summed E-state index contributed by atoms with van der Waals surface area (Å²) < 4.78 is 33.8. The highest BCUT2D eigenvalue weighted by atomic mass is 16.9. The maximum atomic E-state index is 12.2. The van der Waals surface area contributed by atoms with E-state index in [0.717, 1.165) is 0 Å². The molecule has 3 heterocycles. The molecule has 4 atom stereocenters. The molecule has 2 N–H and O–H groups in total. The fourth-order valence-corrected chi connectivity index (χ4v) is 3.35. The second kappa shape index (κ2) is 13.5. The molecule has 1 saturated heterocycles. The highest BCUT2D eigenvalue weighted by Crippen LogP contribution is 2.35. The van der Waals surface area contributed by atoms with Gasteiger partial charge in [0.15, 0.2) is 23.2 Å². The molecular weight excluding hydrogens is 506 g/mol. The summed E-state index contributed by atoms with van der Waals surface area (Å²) in [6, 6.07) is 0. The monoisotopic (exact) mass is 537 g/mol. The largest absolute Gasteiger partial charge is 0.463 e. The number of ether oxygens (including phenoxy) is 6. The lowest BCUT2D eigenvalue weighted by atomic mass is 10.1. The Morgan fingerprint density at radius 3 is 2.29 bits per heavy atom. The molecule has 208 valence electrons. The summed E-state index contributed by atoms with van der Waals surface area (Å²) >= 11 is 0. The zero-order valence-corrected chi connectivity index (χ0v) is 21.4. The van der Waals surface area contributed by atoms with Gasteiger partial charge in [0.1, 0.15) is 31.7 Å².